The molecule has 0 radical (unpaired) electrons. The lowest BCUT2D eigenvalue weighted by molar-refractivity contribution is -0.129. The van der Waals surface area contributed by atoms with Gasteiger partial charge in [-0.2, -0.15) is 0 Å². The van der Waals surface area contributed by atoms with E-state index in [1.54, 1.807) is 6.92 Å². The molecule has 126 valence electrons. The molecule has 3 rings (SSSR count). The average Bonchev–Trinajstić information content (AvgIpc) is 3.04. The van der Waals surface area contributed by atoms with Gasteiger partial charge in [0.2, 0.25) is 0 Å². The Bertz CT molecular complexity index is 786. The van der Waals surface area contributed by atoms with Gasteiger partial charge in [-0.1, -0.05) is 25.1 Å². The summed E-state index contributed by atoms with van der Waals surface area (Å²) in [7, 11) is 0. The first-order valence-electron chi connectivity index (χ1n) is 8.51. The molecule has 1 aliphatic carbocycles. The van der Waals surface area contributed by atoms with Crippen molar-refractivity contribution in [2.75, 3.05) is 6.54 Å². The summed E-state index contributed by atoms with van der Waals surface area (Å²) < 4.78 is 5.45. The molecular formula is C19H22N2O3. The molecule has 0 unspecified atom stereocenters. The number of nitrogens with one attached hydrogen (secondary N) is 1. The van der Waals surface area contributed by atoms with Crippen LogP contribution in [0.5, 0.6) is 0 Å². The fourth-order valence-electron chi connectivity index (χ4n) is 3.11. The highest BCUT2D eigenvalue weighted by molar-refractivity contribution is 6.05. The Hall–Kier alpha value is -2.43. The minimum atomic E-state index is -0.812. The number of amides is 1. The Morgan fingerprint density at radius 2 is 2.08 bits per heavy atom. The lowest BCUT2D eigenvalue weighted by Crippen LogP contribution is -2.36. The van der Waals surface area contributed by atoms with E-state index in [4.69, 9.17) is 4.74 Å². The van der Waals surface area contributed by atoms with Crippen LogP contribution >= 0.6 is 0 Å². The highest BCUT2D eigenvalue weighted by Gasteiger charge is 2.27. The lowest BCUT2D eigenvalue weighted by Gasteiger charge is -2.16. The van der Waals surface area contributed by atoms with E-state index < -0.39 is 12.1 Å². The Morgan fingerprint density at radius 1 is 1.29 bits per heavy atom. The van der Waals surface area contributed by atoms with E-state index in [-0.39, 0.29) is 5.91 Å². The van der Waals surface area contributed by atoms with Crippen molar-refractivity contribution in [3.8, 4) is 0 Å². The molecule has 0 spiro atoms. The number of nitrogens with zero attached hydrogens (tertiary/aromatic N) is 1. The van der Waals surface area contributed by atoms with Crippen molar-refractivity contribution in [2.45, 2.75) is 45.6 Å². The van der Waals surface area contributed by atoms with Crippen LogP contribution in [0.4, 0.5) is 0 Å². The Labute approximate surface area is 141 Å². The maximum atomic E-state index is 12.8. The Morgan fingerprint density at radius 3 is 2.88 bits per heavy atom. The molecule has 0 fully saturated rings. The van der Waals surface area contributed by atoms with Crippen LogP contribution in [0.25, 0.3) is 10.9 Å². The minimum Gasteiger partial charge on any atom is -0.449 e. The first-order valence-corrected chi connectivity index (χ1v) is 8.51. The van der Waals surface area contributed by atoms with E-state index in [0.717, 1.165) is 47.8 Å². The van der Waals surface area contributed by atoms with Gasteiger partial charge in [-0.05, 0) is 44.2 Å². The van der Waals surface area contributed by atoms with Crippen LogP contribution in [0.1, 0.15) is 48.3 Å². The van der Waals surface area contributed by atoms with E-state index in [0.29, 0.717) is 12.1 Å². The van der Waals surface area contributed by atoms with Gasteiger partial charge < -0.3 is 10.1 Å². The average molecular weight is 326 g/mol. The summed E-state index contributed by atoms with van der Waals surface area (Å²) in [6.45, 7) is 4.16. The van der Waals surface area contributed by atoms with Crippen LogP contribution in [-0.2, 0) is 22.4 Å². The Balaban J connectivity index is 1.91. The van der Waals surface area contributed by atoms with Gasteiger partial charge in [0, 0.05) is 17.6 Å². The maximum absolute atomic E-state index is 12.8. The van der Waals surface area contributed by atoms with E-state index in [9.17, 15) is 9.59 Å². The van der Waals surface area contributed by atoms with Crippen molar-refractivity contribution in [3.05, 3.63) is 41.1 Å². The standard InChI is InChI=1S/C19H22N2O3/c1-3-11-20-18(22)12(2)24-19(23)17-13-7-4-5-9-15(13)21-16-10-6-8-14(16)17/h4-5,7,9,12H,3,6,8,10-11H2,1-2H3,(H,20,22)/t12-/m0/s1. The summed E-state index contributed by atoms with van der Waals surface area (Å²) >= 11 is 0. The molecule has 24 heavy (non-hydrogen) atoms. The number of rotatable bonds is 5. The number of carbonyl (C=O) groups is 2. The van der Waals surface area contributed by atoms with Crippen molar-refractivity contribution < 1.29 is 14.3 Å². The van der Waals surface area contributed by atoms with Gasteiger partial charge in [0.15, 0.2) is 6.10 Å². The van der Waals surface area contributed by atoms with Crippen LogP contribution in [0.15, 0.2) is 24.3 Å². The molecule has 5 nitrogen and oxygen atoms in total. The SMILES string of the molecule is CCCNC(=O)[C@H](C)OC(=O)c1c2c(nc3ccccc13)CCC2. The summed E-state index contributed by atoms with van der Waals surface area (Å²) in [5.74, 6) is -0.703. The van der Waals surface area contributed by atoms with Gasteiger partial charge in [-0.3, -0.25) is 9.78 Å². The van der Waals surface area contributed by atoms with Crippen LogP contribution in [0, 0.1) is 0 Å². The van der Waals surface area contributed by atoms with Gasteiger partial charge in [0.1, 0.15) is 0 Å². The third kappa shape index (κ3) is 3.11. The number of fused-ring (bicyclic) bond motifs is 2. The number of pyridine rings is 1. The molecule has 0 saturated heterocycles. The number of hydrogen-bond donors (Lipinski definition) is 1. The maximum Gasteiger partial charge on any atom is 0.339 e. The second-order valence-electron chi connectivity index (χ2n) is 6.12. The molecule has 1 aliphatic rings. The van der Waals surface area contributed by atoms with Crippen LogP contribution in [0.3, 0.4) is 0 Å². The number of esters is 1. The zero-order chi connectivity index (χ0) is 17.1. The van der Waals surface area contributed by atoms with Crippen molar-refractivity contribution in [3.63, 3.8) is 0 Å². The number of benzene rings is 1. The normalized spacial score (nSPS) is 14.2. The molecule has 1 atom stereocenters. The molecule has 2 aromatic rings. The molecule has 1 aromatic heterocycles. The fourth-order valence-corrected chi connectivity index (χ4v) is 3.11. The summed E-state index contributed by atoms with van der Waals surface area (Å²) in [5.41, 5.74) is 3.32. The molecule has 0 saturated carbocycles. The van der Waals surface area contributed by atoms with Crippen molar-refractivity contribution in [2.24, 2.45) is 0 Å². The minimum absolute atomic E-state index is 0.264. The molecule has 1 N–H and O–H groups in total. The van der Waals surface area contributed by atoms with E-state index in [2.05, 4.69) is 10.3 Å². The quantitative estimate of drug-likeness (QED) is 0.858. The van der Waals surface area contributed by atoms with Crippen molar-refractivity contribution >= 4 is 22.8 Å². The predicted octanol–water partition coefficient (Wildman–Crippen LogP) is 2.80. The number of aromatic nitrogens is 1. The van der Waals surface area contributed by atoms with Gasteiger partial charge in [-0.15, -0.1) is 0 Å². The summed E-state index contributed by atoms with van der Waals surface area (Å²) in [4.78, 5) is 29.4. The third-order valence-corrected chi connectivity index (χ3v) is 4.33. The number of ether oxygens (including phenoxy) is 1. The zero-order valence-electron chi connectivity index (χ0n) is 14.1. The van der Waals surface area contributed by atoms with Crippen LogP contribution in [-0.4, -0.2) is 29.5 Å². The monoisotopic (exact) mass is 326 g/mol. The summed E-state index contributed by atoms with van der Waals surface area (Å²) in [6.07, 6.45) is 2.73. The zero-order valence-corrected chi connectivity index (χ0v) is 14.1. The van der Waals surface area contributed by atoms with E-state index in [1.165, 1.54) is 0 Å². The predicted molar refractivity (Wildman–Crippen MR) is 91.9 cm³/mol. The number of para-hydroxylation sites is 1. The number of carbonyl (C=O) groups excluding carboxylic acids is 2. The molecule has 0 aliphatic heterocycles. The van der Waals surface area contributed by atoms with Crippen LogP contribution in [0.2, 0.25) is 0 Å². The smallest absolute Gasteiger partial charge is 0.339 e. The van der Waals surface area contributed by atoms with Crippen LogP contribution < -0.4 is 5.32 Å². The highest BCUT2D eigenvalue weighted by Crippen LogP contribution is 2.30. The van der Waals surface area contributed by atoms with Crippen molar-refractivity contribution in [1.82, 2.24) is 10.3 Å². The molecule has 1 aromatic carbocycles. The van der Waals surface area contributed by atoms with Gasteiger partial charge in [0.25, 0.3) is 5.91 Å². The lowest BCUT2D eigenvalue weighted by atomic mass is 10.0. The topological polar surface area (TPSA) is 68.3 Å². The largest absolute Gasteiger partial charge is 0.449 e. The summed E-state index contributed by atoms with van der Waals surface area (Å²) in [6, 6.07) is 7.59. The first-order chi connectivity index (χ1) is 11.6. The Kier molecular flexibility index (Phi) is 4.79. The molecule has 1 amide bonds. The first kappa shape index (κ1) is 16.4. The second-order valence-corrected chi connectivity index (χ2v) is 6.12. The van der Waals surface area contributed by atoms with Gasteiger partial charge in [-0.25, -0.2) is 4.79 Å². The van der Waals surface area contributed by atoms with Crippen molar-refractivity contribution in [1.29, 1.82) is 0 Å². The molecule has 5 heteroatoms. The third-order valence-electron chi connectivity index (χ3n) is 4.33. The second kappa shape index (κ2) is 6.99. The molecule has 0 bridgehead atoms. The van der Waals surface area contributed by atoms with E-state index >= 15 is 0 Å². The number of aryl methyl sites for hydroxylation is 1. The molecule has 1 heterocycles. The number of hydrogen-bond acceptors (Lipinski definition) is 4. The van der Waals surface area contributed by atoms with Gasteiger partial charge >= 0.3 is 5.97 Å². The van der Waals surface area contributed by atoms with Gasteiger partial charge in [0.05, 0.1) is 11.1 Å². The summed E-state index contributed by atoms with van der Waals surface area (Å²) in [5, 5.41) is 3.55. The fraction of sp³-hybridized carbons (Fsp3) is 0.421. The van der Waals surface area contributed by atoms with E-state index in [1.807, 2.05) is 31.2 Å². The molecular weight excluding hydrogens is 304 g/mol. The highest BCUT2D eigenvalue weighted by atomic mass is 16.5.